The van der Waals surface area contributed by atoms with Crippen LogP contribution < -0.4 is 15.4 Å². The quantitative estimate of drug-likeness (QED) is 0.610. The van der Waals surface area contributed by atoms with Crippen LogP contribution in [0.25, 0.3) is 6.08 Å². The number of anilines is 1. The van der Waals surface area contributed by atoms with E-state index in [-0.39, 0.29) is 29.9 Å². The van der Waals surface area contributed by atoms with E-state index >= 15 is 0 Å². The third-order valence-corrected chi connectivity index (χ3v) is 3.79. The Morgan fingerprint density at radius 1 is 1.35 bits per heavy atom. The van der Waals surface area contributed by atoms with E-state index < -0.39 is 5.82 Å². The second kappa shape index (κ2) is 4.88. The number of benzene rings is 1. The van der Waals surface area contributed by atoms with Gasteiger partial charge in [-0.25, -0.2) is 4.39 Å². The Hall–Kier alpha value is -1.93. The lowest BCUT2D eigenvalue weighted by Crippen LogP contribution is -2.26. The summed E-state index contributed by atoms with van der Waals surface area (Å²) in [6.45, 7) is -0.211. The number of fused-ring (bicyclic) bond motifs is 1. The van der Waals surface area contributed by atoms with Crippen molar-refractivity contribution in [2.75, 3.05) is 11.9 Å². The standard InChI is InChI=1S/C12H7FN2O3S2/c13-6-1-5(3-8-11(17)15-12(19)20-8)2-7-10(6)18-4-9(16)14-7/h1-3H,4H2,(H,14,16)(H,15,17,19)/b8-3+. The fourth-order valence-corrected chi connectivity index (χ4v) is 2.88. The van der Waals surface area contributed by atoms with Crippen LogP contribution in [0.15, 0.2) is 17.0 Å². The number of halogens is 1. The summed E-state index contributed by atoms with van der Waals surface area (Å²) in [4.78, 5) is 23.1. The summed E-state index contributed by atoms with van der Waals surface area (Å²) in [5, 5.41) is 4.99. The van der Waals surface area contributed by atoms with Crippen molar-refractivity contribution in [1.29, 1.82) is 0 Å². The molecule has 2 heterocycles. The number of hydrogen-bond acceptors (Lipinski definition) is 5. The van der Waals surface area contributed by atoms with Crippen LogP contribution in [-0.2, 0) is 9.59 Å². The van der Waals surface area contributed by atoms with Crippen molar-refractivity contribution in [3.8, 4) is 5.75 Å². The number of carbonyl (C=O) groups excluding carboxylic acids is 2. The number of thiocarbonyl (C=S) groups is 1. The van der Waals surface area contributed by atoms with Crippen molar-refractivity contribution in [3.05, 3.63) is 28.4 Å². The van der Waals surface area contributed by atoms with Gasteiger partial charge < -0.3 is 15.4 Å². The molecule has 1 aromatic rings. The summed E-state index contributed by atoms with van der Waals surface area (Å²) in [6, 6.07) is 2.77. The van der Waals surface area contributed by atoms with Crippen LogP contribution in [0.4, 0.5) is 10.1 Å². The van der Waals surface area contributed by atoms with Crippen LogP contribution in [0.5, 0.6) is 5.75 Å². The molecule has 0 aliphatic carbocycles. The van der Waals surface area contributed by atoms with Gasteiger partial charge in [-0.1, -0.05) is 24.0 Å². The van der Waals surface area contributed by atoms with E-state index in [1.165, 1.54) is 18.2 Å². The topological polar surface area (TPSA) is 67.4 Å². The van der Waals surface area contributed by atoms with E-state index in [1.807, 2.05) is 0 Å². The van der Waals surface area contributed by atoms with Crippen molar-refractivity contribution in [2.45, 2.75) is 0 Å². The molecule has 2 amide bonds. The molecule has 0 unspecified atom stereocenters. The number of carbonyl (C=O) groups is 2. The van der Waals surface area contributed by atoms with Gasteiger partial charge in [-0.2, -0.15) is 0 Å². The molecule has 102 valence electrons. The van der Waals surface area contributed by atoms with Gasteiger partial charge in [0.15, 0.2) is 18.2 Å². The van der Waals surface area contributed by atoms with Crippen molar-refractivity contribution in [2.24, 2.45) is 0 Å². The first-order valence-corrected chi connectivity index (χ1v) is 6.76. The largest absolute Gasteiger partial charge is 0.478 e. The molecule has 3 rings (SSSR count). The highest BCUT2D eigenvalue weighted by molar-refractivity contribution is 8.26. The van der Waals surface area contributed by atoms with E-state index in [4.69, 9.17) is 17.0 Å². The Labute approximate surface area is 122 Å². The molecular weight excluding hydrogens is 303 g/mol. The first-order valence-electron chi connectivity index (χ1n) is 5.54. The molecule has 0 atom stereocenters. The van der Waals surface area contributed by atoms with Crippen LogP contribution in [0.1, 0.15) is 5.56 Å². The predicted octanol–water partition coefficient (Wildman–Crippen LogP) is 1.65. The summed E-state index contributed by atoms with van der Waals surface area (Å²) in [7, 11) is 0. The van der Waals surface area contributed by atoms with Gasteiger partial charge in [-0.05, 0) is 23.8 Å². The molecule has 20 heavy (non-hydrogen) atoms. The van der Waals surface area contributed by atoms with Gasteiger partial charge in [0, 0.05) is 0 Å². The zero-order valence-electron chi connectivity index (χ0n) is 9.86. The van der Waals surface area contributed by atoms with Gasteiger partial charge in [0.05, 0.1) is 10.6 Å². The molecule has 0 aromatic heterocycles. The maximum Gasteiger partial charge on any atom is 0.263 e. The van der Waals surface area contributed by atoms with Crippen molar-refractivity contribution >= 4 is 51.9 Å². The Kier molecular flexibility index (Phi) is 3.19. The highest BCUT2D eigenvalue weighted by Crippen LogP contribution is 2.34. The molecule has 8 heteroatoms. The Bertz CT molecular complexity index is 688. The molecule has 1 saturated heterocycles. The normalized spacial score (nSPS) is 19.4. The van der Waals surface area contributed by atoms with Gasteiger partial charge in [0.25, 0.3) is 11.8 Å². The molecule has 5 nitrogen and oxygen atoms in total. The number of rotatable bonds is 1. The minimum absolute atomic E-state index is 0.00537. The van der Waals surface area contributed by atoms with Gasteiger partial charge in [0.2, 0.25) is 0 Å². The van der Waals surface area contributed by atoms with Crippen molar-refractivity contribution in [3.63, 3.8) is 0 Å². The minimum Gasteiger partial charge on any atom is -0.478 e. The first-order chi connectivity index (χ1) is 9.52. The number of ether oxygens (including phenoxy) is 1. The fraction of sp³-hybridized carbons (Fsp3) is 0.0833. The molecule has 0 bridgehead atoms. The van der Waals surface area contributed by atoms with Crippen LogP contribution in [0.2, 0.25) is 0 Å². The lowest BCUT2D eigenvalue weighted by molar-refractivity contribution is -0.118. The molecule has 2 aliphatic rings. The maximum atomic E-state index is 13.9. The Balaban J connectivity index is 1.99. The van der Waals surface area contributed by atoms with Crippen LogP contribution in [0, 0.1) is 5.82 Å². The SMILES string of the molecule is O=C1COc2c(F)cc(/C=C3/SC(=S)NC3=O)cc2N1. The number of thioether (sulfide) groups is 1. The molecule has 2 aliphatic heterocycles. The first kappa shape index (κ1) is 13.1. The molecule has 0 radical (unpaired) electrons. The summed E-state index contributed by atoms with van der Waals surface area (Å²) in [5.74, 6) is -1.26. The van der Waals surface area contributed by atoms with Gasteiger partial charge in [-0.3, -0.25) is 9.59 Å². The van der Waals surface area contributed by atoms with E-state index in [9.17, 15) is 14.0 Å². The zero-order chi connectivity index (χ0) is 14.3. The summed E-state index contributed by atoms with van der Waals surface area (Å²) >= 11 is 5.97. The number of nitrogens with one attached hydrogen (secondary N) is 2. The van der Waals surface area contributed by atoms with Crippen molar-refractivity contribution in [1.82, 2.24) is 5.32 Å². The minimum atomic E-state index is -0.597. The Morgan fingerprint density at radius 3 is 2.85 bits per heavy atom. The fourth-order valence-electron chi connectivity index (χ4n) is 1.83. The molecular formula is C12H7FN2O3S2. The van der Waals surface area contributed by atoms with E-state index in [2.05, 4.69) is 10.6 Å². The lowest BCUT2D eigenvalue weighted by atomic mass is 10.1. The second-order valence-corrected chi connectivity index (χ2v) is 5.79. The molecule has 1 aromatic carbocycles. The highest BCUT2D eigenvalue weighted by atomic mass is 32.2. The smallest absolute Gasteiger partial charge is 0.263 e. The lowest BCUT2D eigenvalue weighted by Gasteiger charge is -2.18. The van der Waals surface area contributed by atoms with Crippen LogP contribution in [-0.4, -0.2) is 22.7 Å². The molecule has 0 spiro atoms. The second-order valence-electron chi connectivity index (χ2n) is 4.07. The zero-order valence-corrected chi connectivity index (χ0v) is 11.5. The van der Waals surface area contributed by atoms with E-state index in [0.717, 1.165) is 11.8 Å². The summed E-state index contributed by atoms with van der Waals surface area (Å²) in [6.07, 6.45) is 1.50. The average molecular weight is 310 g/mol. The van der Waals surface area contributed by atoms with E-state index in [0.29, 0.717) is 14.8 Å². The van der Waals surface area contributed by atoms with Crippen molar-refractivity contribution < 1.29 is 18.7 Å². The van der Waals surface area contributed by atoms with Gasteiger partial charge in [0.1, 0.15) is 4.32 Å². The van der Waals surface area contributed by atoms with Crippen LogP contribution >= 0.6 is 24.0 Å². The predicted molar refractivity (Wildman–Crippen MR) is 76.8 cm³/mol. The number of hydrogen-bond donors (Lipinski definition) is 2. The van der Waals surface area contributed by atoms with Gasteiger partial charge >= 0.3 is 0 Å². The molecule has 2 N–H and O–H groups in total. The summed E-state index contributed by atoms with van der Waals surface area (Å²) in [5.41, 5.74) is 0.688. The third kappa shape index (κ3) is 2.39. The third-order valence-electron chi connectivity index (χ3n) is 2.63. The van der Waals surface area contributed by atoms with E-state index in [1.54, 1.807) is 0 Å². The summed E-state index contributed by atoms with van der Waals surface area (Å²) < 4.78 is 19.2. The maximum absolute atomic E-state index is 13.9. The van der Waals surface area contributed by atoms with Crippen LogP contribution in [0.3, 0.4) is 0 Å². The molecule has 1 fully saturated rings. The van der Waals surface area contributed by atoms with Gasteiger partial charge in [-0.15, -0.1) is 0 Å². The number of amides is 2. The highest BCUT2D eigenvalue weighted by Gasteiger charge is 2.24. The molecule has 0 saturated carbocycles. The average Bonchev–Trinajstić information content (AvgIpc) is 2.67. The Morgan fingerprint density at radius 2 is 2.15 bits per heavy atom. The monoisotopic (exact) mass is 310 g/mol.